The molecule has 0 aromatic rings. The lowest BCUT2D eigenvalue weighted by molar-refractivity contribution is 0.278. The van der Waals surface area contributed by atoms with E-state index in [4.69, 9.17) is 10.9 Å². The van der Waals surface area contributed by atoms with Gasteiger partial charge in [0.25, 0.3) is 0 Å². The van der Waals surface area contributed by atoms with Gasteiger partial charge in [0.2, 0.25) is 10.0 Å². The highest BCUT2D eigenvalue weighted by molar-refractivity contribution is 7.89. The number of hydrogen-bond donors (Lipinski definition) is 2. The van der Waals surface area contributed by atoms with E-state index in [1.54, 1.807) is 0 Å². The molecule has 16 heavy (non-hydrogen) atoms. The van der Waals surface area contributed by atoms with E-state index in [2.05, 4.69) is 11.9 Å². The third kappa shape index (κ3) is 4.80. The maximum Gasteiger partial charge on any atom is 0.210 e. The Hall–Kier alpha value is -0.820. The first-order chi connectivity index (χ1) is 7.38. The van der Waals surface area contributed by atoms with Crippen LogP contribution in [0, 0.1) is 5.92 Å². The summed E-state index contributed by atoms with van der Waals surface area (Å²) in [7, 11) is -3.44. The van der Waals surface area contributed by atoms with E-state index in [0.29, 0.717) is 5.96 Å². The zero-order chi connectivity index (χ0) is 12.2. The van der Waals surface area contributed by atoms with Gasteiger partial charge in [-0.25, -0.2) is 13.6 Å². The molecule has 1 rings (SSSR count). The van der Waals surface area contributed by atoms with Gasteiger partial charge in [0.05, 0.1) is 12.3 Å². The monoisotopic (exact) mass is 248 g/mol. The van der Waals surface area contributed by atoms with E-state index in [9.17, 15) is 8.42 Å². The number of piperidine rings is 1. The van der Waals surface area contributed by atoms with Crippen molar-refractivity contribution in [3.05, 3.63) is 0 Å². The smallest absolute Gasteiger partial charge is 0.210 e. The van der Waals surface area contributed by atoms with Gasteiger partial charge in [-0.05, 0) is 18.8 Å². The summed E-state index contributed by atoms with van der Waals surface area (Å²) >= 11 is 0. The Balaban J connectivity index is 2.39. The molecular weight excluding hydrogens is 228 g/mol. The molecule has 94 valence electrons. The van der Waals surface area contributed by atoms with Crippen molar-refractivity contribution in [2.75, 3.05) is 25.4 Å². The molecule has 0 aliphatic carbocycles. The SMILES string of the molecule is CC1CCN(C(N)=NCCS(N)(=O)=O)CC1. The number of aliphatic imine (C=N–C) groups is 1. The van der Waals surface area contributed by atoms with E-state index >= 15 is 0 Å². The molecular formula is C9H20N4O2S. The van der Waals surface area contributed by atoms with Gasteiger partial charge < -0.3 is 10.6 Å². The summed E-state index contributed by atoms with van der Waals surface area (Å²) in [5.41, 5.74) is 5.76. The molecule has 0 aromatic heterocycles. The minimum atomic E-state index is -3.44. The molecule has 1 aliphatic heterocycles. The zero-order valence-electron chi connectivity index (χ0n) is 9.59. The van der Waals surface area contributed by atoms with Crippen LogP contribution in [0.1, 0.15) is 19.8 Å². The number of guanidine groups is 1. The first-order valence-electron chi connectivity index (χ1n) is 5.44. The van der Waals surface area contributed by atoms with Gasteiger partial charge in [0.1, 0.15) is 0 Å². The summed E-state index contributed by atoms with van der Waals surface area (Å²) in [6.07, 6.45) is 2.21. The van der Waals surface area contributed by atoms with Gasteiger partial charge >= 0.3 is 0 Å². The average molecular weight is 248 g/mol. The summed E-state index contributed by atoms with van der Waals surface area (Å²) in [6, 6.07) is 0. The first kappa shape index (κ1) is 13.2. The molecule has 1 fully saturated rings. The van der Waals surface area contributed by atoms with E-state index < -0.39 is 10.0 Å². The highest BCUT2D eigenvalue weighted by Crippen LogP contribution is 2.15. The third-order valence-electron chi connectivity index (χ3n) is 2.76. The van der Waals surface area contributed by atoms with Gasteiger partial charge in [0, 0.05) is 13.1 Å². The van der Waals surface area contributed by atoms with Crippen molar-refractivity contribution >= 4 is 16.0 Å². The Kier molecular flexibility index (Phi) is 4.55. The average Bonchev–Trinajstić information content (AvgIpc) is 2.16. The molecule has 0 unspecified atom stereocenters. The zero-order valence-corrected chi connectivity index (χ0v) is 10.4. The van der Waals surface area contributed by atoms with Crippen molar-refractivity contribution in [1.29, 1.82) is 0 Å². The molecule has 1 saturated heterocycles. The lowest BCUT2D eigenvalue weighted by Gasteiger charge is -2.30. The lowest BCUT2D eigenvalue weighted by atomic mass is 10.00. The fraction of sp³-hybridized carbons (Fsp3) is 0.889. The molecule has 4 N–H and O–H groups in total. The summed E-state index contributed by atoms with van der Waals surface area (Å²) in [5, 5.41) is 4.87. The van der Waals surface area contributed by atoms with Crippen LogP contribution in [0.3, 0.4) is 0 Å². The molecule has 7 heteroatoms. The van der Waals surface area contributed by atoms with Crippen LogP contribution >= 0.6 is 0 Å². The summed E-state index contributed by atoms with van der Waals surface area (Å²) in [4.78, 5) is 6.01. The molecule has 0 atom stereocenters. The number of sulfonamides is 1. The van der Waals surface area contributed by atoms with Crippen molar-refractivity contribution in [1.82, 2.24) is 4.90 Å². The maximum atomic E-state index is 10.7. The molecule has 0 bridgehead atoms. The number of likely N-dealkylation sites (tertiary alicyclic amines) is 1. The number of primary sulfonamides is 1. The standard InChI is InChI=1S/C9H20N4O2S/c1-8-2-5-13(6-3-8)9(10)12-4-7-16(11,14)15/h8H,2-7H2,1H3,(H2,10,12)(H2,11,14,15). The van der Waals surface area contributed by atoms with E-state index in [1.165, 1.54) is 0 Å². The van der Waals surface area contributed by atoms with Crippen LogP contribution in [0.25, 0.3) is 0 Å². The highest BCUT2D eigenvalue weighted by atomic mass is 32.2. The number of nitrogens with two attached hydrogens (primary N) is 2. The summed E-state index contributed by atoms with van der Waals surface area (Å²) in [5.74, 6) is 1.00. The Bertz CT molecular complexity index is 345. The van der Waals surface area contributed by atoms with Crippen molar-refractivity contribution in [2.24, 2.45) is 21.8 Å². The van der Waals surface area contributed by atoms with Crippen molar-refractivity contribution in [3.63, 3.8) is 0 Å². The first-order valence-corrected chi connectivity index (χ1v) is 7.15. The van der Waals surface area contributed by atoms with Gasteiger partial charge in [-0.15, -0.1) is 0 Å². The molecule has 0 spiro atoms. The van der Waals surface area contributed by atoms with Crippen LogP contribution in [0.4, 0.5) is 0 Å². The molecule has 1 heterocycles. The third-order valence-corrected chi connectivity index (χ3v) is 3.51. The number of hydrogen-bond acceptors (Lipinski definition) is 3. The van der Waals surface area contributed by atoms with Crippen LogP contribution in [0.15, 0.2) is 4.99 Å². The quantitative estimate of drug-likeness (QED) is 0.510. The van der Waals surface area contributed by atoms with Gasteiger partial charge in [-0.2, -0.15) is 0 Å². The summed E-state index contributed by atoms with van der Waals surface area (Å²) in [6.45, 7) is 4.14. The molecule has 0 saturated carbocycles. The Labute approximate surface area is 96.7 Å². The van der Waals surface area contributed by atoms with Crippen molar-refractivity contribution in [2.45, 2.75) is 19.8 Å². The Morgan fingerprint density at radius 1 is 1.44 bits per heavy atom. The Morgan fingerprint density at radius 3 is 2.50 bits per heavy atom. The lowest BCUT2D eigenvalue weighted by Crippen LogP contribution is -2.42. The molecule has 6 nitrogen and oxygen atoms in total. The van der Waals surface area contributed by atoms with Gasteiger partial charge in [-0.3, -0.25) is 4.99 Å². The van der Waals surface area contributed by atoms with Crippen LogP contribution in [0.2, 0.25) is 0 Å². The molecule has 0 aromatic carbocycles. The molecule has 1 aliphatic rings. The minimum absolute atomic E-state index is 0.136. The fourth-order valence-corrected chi connectivity index (χ4v) is 1.97. The minimum Gasteiger partial charge on any atom is -0.370 e. The van der Waals surface area contributed by atoms with Gasteiger partial charge in [0.15, 0.2) is 5.96 Å². The van der Waals surface area contributed by atoms with Crippen LogP contribution < -0.4 is 10.9 Å². The Morgan fingerprint density at radius 2 is 2.00 bits per heavy atom. The van der Waals surface area contributed by atoms with E-state index in [1.807, 2.05) is 4.90 Å². The maximum absolute atomic E-state index is 10.7. The highest BCUT2D eigenvalue weighted by Gasteiger charge is 2.16. The van der Waals surface area contributed by atoms with Crippen molar-refractivity contribution in [3.8, 4) is 0 Å². The molecule has 0 amide bonds. The van der Waals surface area contributed by atoms with E-state index in [0.717, 1.165) is 31.8 Å². The largest absolute Gasteiger partial charge is 0.370 e. The summed E-state index contributed by atoms with van der Waals surface area (Å²) < 4.78 is 21.4. The second-order valence-corrected chi connectivity index (χ2v) is 6.01. The normalized spacial score (nSPS) is 20.1. The number of nitrogens with zero attached hydrogens (tertiary/aromatic N) is 2. The fourth-order valence-electron chi connectivity index (χ4n) is 1.63. The topological polar surface area (TPSA) is 102 Å². The van der Waals surface area contributed by atoms with Gasteiger partial charge in [-0.1, -0.05) is 6.92 Å². The van der Waals surface area contributed by atoms with E-state index in [-0.39, 0.29) is 12.3 Å². The van der Waals surface area contributed by atoms with Crippen molar-refractivity contribution < 1.29 is 8.42 Å². The van der Waals surface area contributed by atoms with Crippen LogP contribution in [-0.2, 0) is 10.0 Å². The second-order valence-electron chi connectivity index (χ2n) is 4.28. The van der Waals surface area contributed by atoms with Crippen LogP contribution in [-0.4, -0.2) is 44.7 Å². The van der Waals surface area contributed by atoms with Crippen LogP contribution in [0.5, 0.6) is 0 Å². The predicted octanol–water partition coefficient (Wildman–Crippen LogP) is -0.678. The molecule has 0 radical (unpaired) electrons. The second kappa shape index (κ2) is 5.49. The number of rotatable bonds is 3. The predicted molar refractivity (Wildman–Crippen MR) is 64.4 cm³/mol.